The molecule has 198 valence electrons. The summed E-state index contributed by atoms with van der Waals surface area (Å²) in [5, 5.41) is 6.59. The third-order valence-corrected chi connectivity index (χ3v) is 6.94. The van der Waals surface area contributed by atoms with Gasteiger partial charge in [0, 0.05) is 25.7 Å². The predicted molar refractivity (Wildman–Crippen MR) is 137 cm³/mol. The van der Waals surface area contributed by atoms with Crippen LogP contribution in [-0.2, 0) is 15.9 Å². The Bertz CT molecular complexity index is 1090. The van der Waals surface area contributed by atoms with Gasteiger partial charge in [-0.25, -0.2) is 14.8 Å². The number of imidazole rings is 1. The van der Waals surface area contributed by atoms with Gasteiger partial charge in [-0.05, 0) is 40.5 Å². The number of piperidine rings is 1. The number of thiazole rings is 1. The van der Waals surface area contributed by atoms with Gasteiger partial charge < -0.3 is 30.0 Å². The highest BCUT2D eigenvalue weighted by Gasteiger charge is 2.35. The molecule has 3 N–H and O–H groups in total. The van der Waals surface area contributed by atoms with Crippen LogP contribution in [0.15, 0.2) is 0 Å². The van der Waals surface area contributed by atoms with Gasteiger partial charge in [0.2, 0.25) is 0 Å². The number of halogens is 1. The minimum Gasteiger partial charge on any atom is -0.462 e. The van der Waals surface area contributed by atoms with Crippen LogP contribution >= 0.6 is 22.9 Å². The van der Waals surface area contributed by atoms with E-state index in [-0.39, 0.29) is 52.3 Å². The fourth-order valence-corrected chi connectivity index (χ4v) is 5.13. The zero-order valence-electron chi connectivity index (χ0n) is 21.1. The first-order valence-electron chi connectivity index (χ1n) is 12.1. The summed E-state index contributed by atoms with van der Waals surface area (Å²) in [5.41, 5.74) is 0.753. The molecule has 3 heterocycles. The number of hydrogen-bond donors (Lipinski definition) is 3. The first-order valence-corrected chi connectivity index (χ1v) is 13.3. The van der Waals surface area contributed by atoms with Crippen LogP contribution in [0.1, 0.15) is 77.5 Å². The first kappa shape index (κ1) is 27.9. The van der Waals surface area contributed by atoms with E-state index in [9.17, 15) is 14.4 Å². The Hall–Kier alpha value is -2.70. The number of aromatic amines is 1. The van der Waals surface area contributed by atoms with Gasteiger partial charge in [0.25, 0.3) is 11.8 Å². The highest BCUT2D eigenvalue weighted by atomic mass is 35.5. The van der Waals surface area contributed by atoms with Crippen molar-refractivity contribution < 1.29 is 23.9 Å². The predicted octanol–water partition coefficient (Wildman–Crippen LogP) is 2.81. The molecule has 0 bridgehead atoms. The number of aryl methyl sites for hydroxylation is 1. The molecule has 1 fully saturated rings. The minimum absolute atomic E-state index is 0.0481. The average Bonchev–Trinajstić information content (AvgIpc) is 3.44. The Labute approximate surface area is 219 Å². The first-order chi connectivity index (χ1) is 17.2. The van der Waals surface area contributed by atoms with Crippen molar-refractivity contribution in [3.05, 3.63) is 27.2 Å². The second-order valence-corrected chi connectivity index (χ2v) is 9.88. The molecular formula is C23H33ClN6O5S. The number of amides is 2. The molecule has 36 heavy (non-hydrogen) atoms. The van der Waals surface area contributed by atoms with Crippen molar-refractivity contribution in [2.24, 2.45) is 0 Å². The summed E-state index contributed by atoms with van der Waals surface area (Å²) in [6.45, 7) is 10.8. The summed E-state index contributed by atoms with van der Waals surface area (Å²) in [4.78, 5) is 51.8. The van der Waals surface area contributed by atoms with Gasteiger partial charge in [-0.15, -0.1) is 0 Å². The second-order valence-electron chi connectivity index (χ2n) is 8.54. The van der Waals surface area contributed by atoms with Crippen LogP contribution in [0.5, 0.6) is 0 Å². The van der Waals surface area contributed by atoms with E-state index in [4.69, 9.17) is 21.1 Å². The Balaban J connectivity index is 1.78. The number of H-pyrrole nitrogens is 1. The molecule has 0 saturated carbocycles. The number of ether oxygens (including phenoxy) is 2. The quantitative estimate of drug-likeness (QED) is 0.391. The maximum Gasteiger partial charge on any atom is 0.350 e. The number of aromatic nitrogens is 3. The van der Waals surface area contributed by atoms with Crippen molar-refractivity contribution in [2.45, 2.75) is 65.6 Å². The van der Waals surface area contributed by atoms with Crippen molar-refractivity contribution >= 4 is 45.9 Å². The third-order valence-electron chi connectivity index (χ3n) is 5.54. The molecule has 2 unspecified atom stereocenters. The molecule has 11 nitrogen and oxygen atoms in total. The summed E-state index contributed by atoms with van der Waals surface area (Å²) in [5.74, 6) is -1.20. The van der Waals surface area contributed by atoms with Crippen LogP contribution in [-0.4, -0.2) is 77.2 Å². The summed E-state index contributed by atoms with van der Waals surface area (Å²) in [6.07, 6.45) is 0.859. The average molecular weight is 541 g/mol. The Morgan fingerprint density at radius 1 is 1.19 bits per heavy atom. The summed E-state index contributed by atoms with van der Waals surface area (Å²) in [6, 6.07) is -0.382. The Kier molecular flexibility index (Phi) is 9.69. The lowest BCUT2D eigenvalue weighted by molar-refractivity contribution is 0.0271. The van der Waals surface area contributed by atoms with Crippen LogP contribution in [0.2, 0.25) is 5.15 Å². The van der Waals surface area contributed by atoms with Crippen LogP contribution in [0, 0.1) is 0 Å². The highest BCUT2D eigenvalue weighted by molar-refractivity contribution is 7.17. The van der Waals surface area contributed by atoms with Crippen molar-refractivity contribution in [1.29, 1.82) is 0 Å². The van der Waals surface area contributed by atoms with Crippen LogP contribution < -0.4 is 15.5 Å². The van der Waals surface area contributed by atoms with Gasteiger partial charge >= 0.3 is 5.97 Å². The molecule has 13 heteroatoms. The number of rotatable bonds is 10. The minimum atomic E-state index is -0.581. The smallest absolute Gasteiger partial charge is 0.350 e. The highest BCUT2D eigenvalue weighted by Crippen LogP contribution is 2.30. The van der Waals surface area contributed by atoms with E-state index in [1.165, 1.54) is 0 Å². The monoisotopic (exact) mass is 540 g/mol. The van der Waals surface area contributed by atoms with Gasteiger partial charge in [-0.2, -0.15) is 0 Å². The Morgan fingerprint density at radius 2 is 1.94 bits per heavy atom. The number of esters is 1. The maximum absolute atomic E-state index is 12.8. The van der Waals surface area contributed by atoms with Gasteiger partial charge in [-0.3, -0.25) is 9.59 Å². The second kappa shape index (κ2) is 12.5. The van der Waals surface area contributed by atoms with Crippen LogP contribution in [0.4, 0.5) is 5.13 Å². The molecule has 0 spiro atoms. The molecule has 2 atom stereocenters. The van der Waals surface area contributed by atoms with Crippen molar-refractivity contribution in [2.75, 3.05) is 31.2 Å². The third kappa shape index (κ3) is 6.54. The molecule has 0 radical (unpaired) electrons. The van der Waals surface area contributed by atoms with E-state index in [0.717, 1.165) is 11.3 Å². The van der Waals surface area contributed by atoms with Crippen molar-refractivity contribution in [3.8, 4) is 0 Å². The molecule has 0 aromatic carbocycles. The van der Waals surface area contributed by atoms with E-state index in [2.05, 4.69) is 25.6 Å². The number of nitrogens with one attached hydrogen (secondary N) is 3. The lowest BCUT2D eigenvalue weighted by atomic mass is 10.0. The number of anilines is 1. The molecule has 3 rings (SSSR count). The Morgan fingerprint density at radius 3 is 2.56 bits per heavy atom. The van der Waals surface area contributed by atoms with Crippen LogP contribution in [0.25, 0.3) is 0 Å². The molecule has 2 aromatic heterocycles. The fourth-order valence-electron chi connectivity index (χ4n) is 3.87. The lowest BCUT2D eigenvalue weighted by Gasteiger charge is -2.38. The van der Waals surface area contributed by atoms with Crippen molar-refractivity contribution in [3.63, 3.8) is 0 Å². The maximum atomic E-state index is 12.8. The van der Waals surface area contributed by atoms with Crippen molar-refractivity contribution in [1.82, 2.24) is 25.6 Å². The zero-order chi connectivity index (χ0) is 26.4. The van der Waals surface area contributed by atoms with E-state index >= 15 is 0 Å². The number of nitrogens with zero attached hydrogens (tertiary/aromatic N) is 3. The summed E-state index contributed by atoms with van der Waals surface area (Å²) >= 11 is 7.20. The zero-order valence-corrected chi connectivity index (χ0v) is 22.7. The molecule has 2 aromatic rings. The normalized spacial score (nSPS) is 17.8. The summed E-state index contributed by atoms with van der Waals surface area (Å²) in [7, 11) is 0. The van der Waals surface area contributed by atoms with Gasteiger partial charge in [0.15, 0.2) is 21.8 Å². The molecule has 2 amide bonds. The number of carbonyl (C=O) groups is 3. The van der Waals surface area contributed by atoms with Gasteiger partial charge in [-0.1, -0.05) is 29.9 Å². The number of hydrogen-bond acceptors (Lipinski definition) is 9. The number of carbonyl (C=O) groups excluding carboxylic acids is 3. The van der Waals surface area contributed by atoms with Crippen LogP contribution in [0.3, 0.4) is 0 Å². The van der Waals surface area contributed by atoms with Gasteiger partial charge in [0.1, 0.15) is 4.88 Å². The molecule has 1 aliphatic rings. The summed E-state index contributed by atoms with van der Waals surface area (Å²) < 4.78 is 11.1. The van der Waals surface area contributed by atoms with Gasteiger partial charge in [0.05, 0.1) is 24.4 Å². The van der Waals surface area contributed by atoms with E-state index in [1.807, 2.05) is 32.6 Å². The standard InChI is InChI=1S/C23H33ClN6O5S/c1-6-13-18(24)29-19(26-13)21(32)27-14-9-10-30(11-15(14)34-7-2)23-28-16(20(31)25-12(4)5)17(36-23)22(33)35-8-3/h12,14-15H,6-11H2,1-5H3,(H,25,31)(H,26,29)(H,27,32). The topological polar surface area (TPSA) is 139 Å². The molecular weight excluding hydrogens is 508 g/mol. The van der Waals surface area contributed by atoms with E-state index in [0.29, 0.717) is 43.4 Å². The van der Waals surface area contributed by atoms with E-state index < -0.39 is 11.9 Å². The molecule has 1 saturated heterocycles. The van der Waals surface area contributed by atoms with E-state index in [1.54, 1.807) is 6.92 Å². The molecule has 1 aliphatic heterocycles. The largest absolute Gasteiger partial charge is 0.462 e. The SMILES string of the molecule is CCOC(=O)c1sc(N2CCC(NC(=O)c3nc(Cl)c(CC)[nH]3)C(OCC)C2)nc1C(=O)NC(C)C. The molecule has 0 aliphatic carbocycles. The lowest BCUT2D eigenvalue weighted by Crippen LogP contribution is -2.55. The fraction of sp³-hybridized carbons (Fsp3) is 0.609.